The molecule has 0 aliphatic heterocycles. The summed E-state index contributed by atoms with van der Waals surface area (Å²) < 4.78 is 5.57. The Balaban J connectivity index is 1.52. The summed E-state index contributed by atoms with van der Waals surface area (Å²) in [5.74, 6) is 0. The average Bonchev–Trinajstić information content (AvgIpc) is 3.31. The molecule has 0 atom stereocenters. The Morgan fingerprint density at radius 2 is 1.91 bits per heavy atom. The van der Waals surface area contributed by atoms with Crippen LogP contribution in [0.25, 0.3) is 38.6 Å². The van der Waals surface area contributed by atoms with Crippen LogP contribution in [0, 0.1) is 11.3 Å². The molecule has 5 rings (SSSR count). The van der Waals surface area contributed by atoms with Crippen molar-refractivity contribution >= 4 is 67.5 Å². The first-order valence-corrected chi connectivity index (χ1v) is 11.4. The Hall–Kier alpha value is -3.63. The molecule has 2 heterocycles. The van der Waals surface area contributed by atoms with Gasteiger partial charge in [0.2, 0.25) is 0 Å². The first-order valence-electron chi connectivity index (χ1n) is 9.77. The fourth-order valence-electron chi connectivity index (χ4n) is 3.45. The van der Waals surface area contributed by atoms with Crippen molar-refractivity contribution in [2.75, 3.05) is 5.32 Å². The number of benzene rings is 3. The molecule has 2 aromatic heterocycles. The lowest BCUT2D eigenvalue weighted by atomic mass is 10.0. The van der Waals surface area contributed by atoms with E-state index in [4.69, 9.17) is 27.6 Å². The lowest BCUT2D eigenvalue weighted by Gasteiger charge is -2.04. The van der Waals surface area contributed by atoms with Gasteiger partial charge in [0, 0.05) is 22.7 Å². The summed E-state index contributed by atoms with van der Waals surface area (Å²) in [4.78, 5) is 17.2. The van der Waals surface area contributed by atoms with Crippen LogP contribution < -0.4 is 10.9 Å². The molecule has 0 unspecified atom stereocenters. The van der Waals surface area contributed by atoms with Gasteiger partial charge in [-0.15, -0.1) is 11.3 Å². The molecule has 0 saturated carbocycles. The number of anilines is 1. The first kappa shape index (κ1) is 21.2. The number of nitriles is 1. The van der Waals surface area contributed by atoms with Crippen LogP contribution in [0.4, 0.5) is 5.69 Å². The van der Waals surface area contributed by atoms with Crippen molar-refractivity contribution in [2.24, 2.45) is 0 Å². The number of nitrogens with one attached hydrogen (secondary N) is 1. The van der Waals surface area contributed by atoms with Crippen LogP contribution >= 0.6 is 34.5 Å². The smallest absolute Gasteiger partial charge is 0.345 e. The number of rotatable bonds is 4. The number of aromatic nitrogens is 1. The van der Waals surface area contributed by atoms with Crippen LogP contribution in [-0.4, -0.2) is 4.98 Å². The standard InChI is InChI=1S/C25H13Cl2N3O2S/c26-20-7-6-16(9-21(20)27)29-12-15(11-28)24-30-22(13-33-24)19-10-18-17-4-2-1-3-14(17)5-8-23(18)32-25(19)31/h1-10,12-13,29H/b15-12+. The lowest BCUT2D eigenvalue weighted by molar-refractivity contribution is 0.563. The molecule has 0 aliphatic rings. The van der Waals surface area contributed by atoms with Crippen molar-refractivity contribution in [3.05, 3.63) is 97.7 Å². The minimum Gasteiger partial charge on any atom is -0.422 e. The third kappa shape index (κ3) is 4.10. The topological polar surface area (TPSA) is 78.9 Å². The van der Waals surface area contributed by atoms with Crippen molar-refractivity contribution in [2.45, 2.75) is 0 Å². The van der Waals surface area contributed by atoms with Crippen LogP contribution in [-0.2, 0) is 0 Å². The van der Waals surface area contributed by atoms with Gasteiger partial charge in [0.05, 0.1) is 21.3 Å². The maximum atomic E-state index is 12.7. The monoisotopic (exact) mass is 489 g/mol. The van der Waals surface area contributed by atoms with Crippen molar-refractivity contribution < 1.29 is 4.42 Å². The van der Waals surface area contributed by atoms with E-state index in [1.54, 1.807) is 41.9 Å². The van der Waals surface area contributed by atoms with Gasteiger partial charge in [-0.1, -0.05) is 53.5 Å². The number of thiazole rings is 1. The van der Waals surface area contributed by atoms with E-state index in [2.05, 4.69) is 16.4 Å². The van der Waals surface area contributed by atoms with E-state index in [0.29, 0.717) is 43.2 Å². The molecule has 0 fully saturated rings. The molecule has 0 radical (unpaired) electrons. The molecule has 1 N–H and O–H groups in total. The predicted molar refractivity (Wildman–Crippen MR) is 135 cm³/mol. The summed E-state index contributed by atoms with van der Waals surface area (Å²) >= 11 is 13.2. The van der Waals surface area contributed by atoms with Crippen molar-refractivity contribution in [1.82, 2.24) is 4.98 Å². The molecular weight excluding hydrogens is 477 g/mol. The highest BCUT2D eigenvalue weighted by Crippen LogP contribution is 2.30. The van der Waals surface area contributed by atoms with Gasteiger partial charge in [-0.05, 0) is 41.1 Å². The molecule has 8 heteroatoms. The molecule has 3 aromatic carbocycles. The van der Waals surface area contributed by atoms with E-state index in [1.807, 2.05) is 30.3 Å². The fourth-order valence-corrected chi connectivity index (χ4v) is 4.54. The van der Waals surface area contributed by atoms with Crippen LogP contribution in [0.1, 0.15) is 5.01 Å². The third-order valence-corrected chi connectivity index (χ3v) is 6.69. The van der Waals surface area contributed by atoms with Crippen LogP contribution in [0.5, 0.6) is 0 Å². The molecular formula is C25H13Cl2N3O2S. The molecule has 33 heavy (non-hydrogen) atoms. The average molecular weight is 490 g/mol. The molecule has 0 bridgehead atoms. The molecule has 5 aromatic rings. The normalized spacial score (nSPS) is 11.6. The summed E-state index contributed by atoms with van der Waals surface area (Å²) in [7, 11) is 0. The number of allylic oxidation sites excluding steroid dienone is 1. The van der Waals surface area contributed by atoms with Gasteiger partial charge in [-0.2, -0.15) is 5.26 Å². The summed E-state index contributed by atoms with van der Waals surface area (Å²) in [6.07, 6.45) is 1.54. The zero-order chi connectivity index (χ0) is 22.9. The van der Waals surface area contributed by atoms with E-state index in [9.17, 15) is 10.1 Å². The quantitative estimate of drug-likeness (QED) is 0.162. The van der Waals surface area contributed by atoms with Gasteiger partial charge in [-0.3, -0.25) is 0 Å². The zero-order valence-electron chi connectivity index (χ0n) is 16.8. The van der Waals surface area contributed by atoms with E-state index in [0.717, 1.165) is 16.2 Å². The number of nitrogens with zero attached hydrogens (tertiary/aromatic N) is 2. The molecule has 0 spiro atoms. The second-order valence-electron chi connectivity index (χ2n) is 7.13. The number of fused-ring (bicyclic) bond motifs is 3. The number of hydrogen-bond donors (Lipinski definition) is 1. The summed E-state index contributed by atoms with van der Waals surface area (Å²) in [5, 5.41) is 18.6. The highest BCUT2D eigenvalue weighted by Gasteiger charge is 2.15. The maximum Gasteiger partial charge on any atom is 0.345 e. The van der Waals surface area contributed by atoms with Crippen molar-refractivity contribution in [3.8, 4) is 17.3 Å². The molecule has 0 amide bonds. The van der Waals surface area contributed by atoms with E-state index >= 15 is 0 Å². The Kier molecular flexibility index (Phi) is 5.61. The predicted octanol–water partition coefficient (Wildman–Crippen LogP) is 7.35. The Bertz CT molecular complexity index is 1660. The van der Waals surface area contributed by atoms with Gasteiger partial charge >= 0.3 is 5.63 Å². The lowest BCUT2D eigenvalue weighted by Crippen LogP contribution is -2.03. The van der Waals surface area contributed by atoms with Crippen LogP contribution in [0.2, 0.25) is 10.0 Å². The van der Waals surface area contributed by atoms with E-state index in [1.165, 1.54) is 11.3 Å². The second-order valence-corrected chi connectivity index (χ2v) is 8.80. The maximum absolute atomic E-state index is 12.7. The summed E-state index contributed by atoms with van der Waals surface area (Å²) in [5.41, 5.74) is 1.82. The Morgan fingerprint density at radius 3 is 2.73 bits per heavy atom. The number of halogens is 2. The second kappa shape index (κ2) is 8.72. The Labute approximate surface area is 202 Å². The van der Waals surface area contributed by atoms with E-state index < -0.39 is 5.63 Å². The van der Waals surface area contributed by atoms with Gasteiger partial charge in [0.1, 0.15) is 22.2 Å². The minimum atomic E-state index is -0.481. The van der Waals surface area contributed by atoms with E-state index in [-0.39, 0.29) is 0 Å². The SMILES string of the molecule is N#C/C(=C\Nc1ccc(Cl)c(Cl)c1)c1nc(-c2cc3c(ccc4ccccc43)oc2=O)cs1. The summed E-state index contributed by atoms with van der Waals surface area (Å²) in [6.45, 7) is 0. The Morgan fingerprint density at radius 1 is 1.06 bits per heavy atom. The van der Waals surface area contributed by atoms with Gasteiger partial charge in [-0.25, -0.2) is 9.78 Å². The zero-order valence-corrected chi connectivity index (χ0v) is 19.1. The molecule has 5 nitrogen and oxygen atoms in total. The third-order valence-electron chi connectivity index (χ3n) is 5.08. The molecule has 160 valence electrons. The highest BCUT2D eigenvalue weighted by molar-refractivity contribution is 7.11. The molecule has 0 aliphatic carbocycles. The van der Waals surface area contributed by atoms with Gasteiger partial charge in [0.25, 0.3) is 0 Å². The van der Waals surface area contributed by atoms with Crippen LogP contribution in [0.3, 0.4) is 0 Å². The van der Waals surface area contributed by atoms with Crippen LogP contribution in [0.15, 0.2) is 81.5 Å². The van der Waals surface area contributed by atoms with Crippen molar-refractivity contribution in [1.29, 1.82) is 5.26 Å². The largest absolute Gasteiger partial charge is 0.422 e. The first-order chi connectivity index (χ1) is 16.0. The highest BCUT2D eigenvalue weighted by atomic mass is 35.5. The fraction of sp³-hybridized carbons (Fsp3) is 0. The van der Waals surface area contributed by atoms with Gasteiger partial charge in [0.15, 0.2) is 0 Å². The van der Waals surface area contributed by atoms with Gasteiger partial charge < -0.3 is 9.73 Å². The number of hydrogen-bond acceptors (Lipinski definition) is 6. The minimum absolute atomic E-state index is 0.313. The molecule has 0 saturated heterocycles. The summed E-state index contributed by atoms with van der Waals surface area (Å²) in [6, 6.07) is 20.6. The van der Waals surface area contributed by atoms with Crippen molar-refractivity contribution in [3.63, 3.8) is 0 Å².